The Bertz CT molecular complexity index is 369. The molecule has 0 spiro atoms. The van der Waals surface area contributed by atoms with Gasteiger partial charge in [-0.1, -0.05) is 69.9 Å². The van der Waals surface area contributed by atoms with E-state index in [1.54, 1.807) is 0 Å². The summed E-state index contributed by atoms with van der Waals surface area (Å²) in [6.07, 6.45) is 10.9. The topological polar surface area (TPSA) is 12.0 Å². The Hall–Kier alpha value is -0.820. The molecule has 2 atom stereocenters. The molecular formula is C20H33N. The van der Waals surface area contributed by atoms with Gasteiger partial charge in [-0.3, -0.25) is 0 Å². The zero-order valence-electron chi connectivity index (χ0n) is 14.0. The summed E-state index contributed by atoms with van der Waals surface area (Å²) in [5.74, 6) is 1.72. The van der Waals surface area contributed by atoms with Crippen molar-refractivity contribution in [3.63, 3.8) is 0 Å². The van der Waals surface area contributed by atoms with Gasteiger partial charge in [-0.05, 0) is 49.6 Å². The van der Waals surface area contributed by atoms with Crippen molar-refractivity contribution in [1.82, 2.24) is 5.32 Å². The smallest absolute Gasteiger partial charge is 0.00683 e. The van der Waals surface area contributed by atoms with E-state index in [1.165, 1.54) is 63.5 Å². The van der Waals surface area contributed by atoms with Gasteiger partial charge in [0, 0.05) is 6.04 Å². The maximum atomic E-state index is 3.76. The zero-order chi connectivity index (χ0) is 14.9. The first kappa shape index (κ1) is 16.5. The van der Waals surface area contributed by atoms with Gasteiger partial charge in [0.2, 0.25) is 0 Å². The van der Waals surface area contributed by atoms with Gasteiger partial charge in [0.25, 0.3) is 0 Å². The van der Waals surface area contributed by atoms with Crippen molar-refractivity contribution in [1.29, 1.82) is 0 Å². The normalized spacial score (nSPS) is 17.6. The van der Waals surface area contributed by atoms with E-state index < -0.39 is 0 Å². The first-order valence-electron chi connectivity index (χ1n) is 9.09. The highest BCUT2D eigenvalue weighted by atomic mass is 14.9. The summed E-state index contributed by atoms with van der Waals surface area (Å²) >= 11 is 0. The highest BCUT2D eigenvalue weighted by Gasteiger charge is 2.23. The second-order valence-electron chi connectivity index (χ2n) is 6.89. The highest BCUT2D eigenvalue weighted by Crippen LogP contribution is 2.25. The third kappa shape index (κ3) is 6.65. The van der Waals surface area contributed by atoms with E-state index in [-0.39, 0.29) is 0 Å². The predicted octanol–water partition coefficient (Wildman–Crippen LogP) is 5.20. The number of unbranched alkanes of at least 4 members (excludes halogenated alkanes) is 1. The molecule has 2 unspecified atom stereocenters. The van der Waals surface area contributed by atoms with Crippen LogP contribution in [-0.4, -0.2) is 12.6 Å². The highest BCUT2D eigenvalue weighted by molar-refractivity contribution is 5.15. The number of benzene rings is 1. The van der Waals surface area contributed by atoms with Crippen LogP contribution in [0.15, 0.2) is 30.3 Å². The van der Waals surface area contributed by atoms with Crippen molar-refractivity contribution in [2.75, 3.05) is 6.54 Å². The van der Waals surface area contributed by atoms with E-state index >= 15 is 0 Å². The van der Waals surface area contributed by atoms with Gasteiger partial charge >= 0.3 is 0 Å². The monoisotopic (exact) mass is 287 g/mol. The molecule has 1 N–H and O–H groups in total. The summed E-state index contributed by atoms with van der Waals surface area (Å²) in [7, 11) is 0. The molecule has 1 nitrogen and oxygen atoms in total. The number of hydrogen-bond acceptors (Lipinski definition) is 1. The fraction of sp³-hybridized carbons (Fsp3) is 0.700. The summed E-state index contributed by atoms with van der Waals surface area (Å²) in [4.78, 5) is 0. The molecule has 1 saturated carbocycles. The minimum absolute atomic E-state index is 0.801. The molecule has 1 aliphatic rings. The van der Waals surface area contributed by atoms with Crippen LogP contribution in [0.2, 0.25) is 0 Å². The number of nitrogens with one attached hydrogen (secondary N) is 1. The van der Waals surface area contributed by atoms with E-state index in [1.807, 2.05) is 0 Å². The quantitative estimate of drug-likeness (QED) is 0.589. The molecule has 1 aromatic rings. The fourth-order valence-electron chi connectivity index (χ4n) is 3.26. The largest absolute Gasteiger partial charge is 0.314 e. The van der Waals surface area contributed by atoms with Gasteiger partial charge < -0.3 is 5.32 Å². The van der Waals surface area contributed by atoms with Crippen molar-refractivity contribution < 1.29 is 0 Å². The number of hydrogen-bond donors (Lipinski definition) is 1. The Morgan fingerprint density at radius 1 is 1.10 bits per heavy atom. The van der Waals surface area contributed by atoms with E-state index in [9.17, 15) is 0 Å². The van der Waals surface area contributed by atoms with E-state index in [0.717, 1.165) is 17.9 Å². The first-order chi connectivity index (χ1) is 10.3. The summed E-state index contributed by atoms with van der Waals surface area (Å²) in [6, 6.07) is 11.9. The van der Waals surface area contributed by atoms with Crippen LogP contribution in [0.3, 0.4) is 0 Å². The van der Waals surface area contributed by atoms with Gasteiger partial charge in [-0.2, -0.15) is 0 Å². The third-order valence-corrected chi connectivity index (χ3v) is 4.85. The van der Waals surface area contributed by atoms with Crippen molar-refractivity contribution >= 4 is 0 Å². The summed E-state index contributed by atoms with van der Waals surface area (Å²) < 4.78 is 0. The molecule has 0 radical (unpaired) electrons. The van der Waals surface area contributed by atoms with E-state index in [4.69, 9.17) is 0 Å². The Kier molecular flexibility index (Phi) is 7.29. The molecule has 1 aromatic carbocycles. The van der Waals surface area contributed by atoms with E-state index in [2.05, 4.69) is 49.5 Å². The molecule has 21 heavy (non-hydrogen) atoms. The van der Waals surface area contributed by atoms with Crippen molar-refractivity contribution in [3.05, 3.63) is 35.9 Å². The molecule has 0 heterocycles. The molecule has 0 aromatic heterocycles. The average Bonchev–Trinajstić information content (AvgIpc) is 3.34. The Labute approximate surface area is 131 Å². The van der Waals surface area contributed by atoms with Crippen molar-refractivity contribution in [2.45, 2.75) is 71.3 Å². The molecular weight excluding hydrogens is 254 g/mol. The fourth-order valence-corrected chi connectivity index (χ4v) is 3.26. The van der Waals surface area contributed by atoms with Crippen LogP contribution in [0.5, 0.6) is 0 Å². The van der Waals surface area contributed by atoms with Gasteiger partial charge in [-0.25, -0.2) is 0 Å². The number of rotatable bonds is 11. The van der Waals surface area contributed by atoms with Crippen LogP contribution >= 0.6 is 0 Å². The molecule has 0 aliphatic heterocycles. The van der Waals surface area contributed by atoms with Crippen LogP contribution in [0.25, 0.3) is 0 Å². The first-order valence-corrected chi connectivity index (χ1v) is 9.09. The average molecular weight is 287 g/mol. The second kappa shape index (κ2) is 9.25. The van der Waals surface area contributed by atoms with E-state index in [0.29, 0.717) is 0 Å². The molecule has 0 saturated heterocycles. The van der Waals surface area contributed by atoms with Crippen LogP contribution in [-0.2, 0) is 6.42 Å². The molecule has 118 valence electrons. The van der Waals surface area contributed by atoms with Crippen LogP contribution in [0.1, 0.15) is 64.4 Å². The second-order valence-corrected chi connectivity index (χ2v) is 6.89. The van der Waals surface area contributed by atoms with Crippen molar-refractivity contribution in [2.24, 2.45) is 11.8 Å². The minimum Gasteiger partial charge on any atom is -0.314 e. The SMILES string of the molecule is CCCCC(CC)CC(CNC1CC1)Cc1ccccc1. The lowest BCUT2D eigenvalue weighted by atomic mass is 9.85. The molecule has 1 heteroatoms. The van der Waals surface area contributed by atoms with Gasteiger partial charge in [0.15, 0.2) is 0 Å². The van der Waals surface area contributed by atoms with Gasteiger partial charge in [0.1, 0.15) is 0 Å². The van der Waals surface area contributed by atoms with Crippen LogP contribution < -0.4 is 5.32 Å². The molecule has 0 bridgehead atoms. The molecule has 1 fully saturated rings. The third-order valence-electron chi connectivity index (χ3n) is 4.85. The standard InChI is InChI=1S/C20H33N/c1-3-5-9-17(4-2)14-19(16-21-20-12-13-20)15-18-10-7-6-8-11-18/h6-8,10-11,17,19-21H,3-5,9,12-16H2,1-2H3. The lowest BCUT2D eigenvalue weighted by Gasteiger charge is -2.23. The summed E-state index contributed by atoms with van der Waals surface area (Å²) in [6.45, 7) is 5.89. The molecule has 0 amide bonds. The maximum absolute atomic E-state index is 3.76. The Balaban J connectivity index is 1.86. The Morgan fingerprint density at radius 2 is 1.86 bits per heavy atom. The van der Waals surface area contributed by atoms with Crippen LogP contribution in [0.4, 0.5) is 0 Å². The maximum Gasteiger partial charge on any atom is 0.00683 e. The molecule has 1 aliphatic carbocycles. The van der Waals surface area contributed by atoms with Crippen LogP contribution in [0, 0.1) is 11.8 Å². The lowest BCUT2D eigenvalue weighted by molar-refractivity contribution is 0.324. The predicted molar refractivity (Wildman–Crippen MR) is 92.6 cm³/mol. The molecule has 2 rings (SSSR count). The van der Waals surface area contributed by atoms with Gasteiger partial charge in [-0.15, -0.1) is 0 Å². The summed E-state index contributed by atoms with van der Waals surface area (Å²) in [5.41, 5.74) is 1.51. The minimum atomic E-state index is 0.801. The van der Waals surface area contributed by atoms with Crippen molar-refractivity contribution in [3.8, 4) is 0 Å². The lowest BCUT2D eigenvalue weighted by Crippen LogP contribution is -2.27. The summed E-state index contributed by atoms with van der Waals surface area (Å²) in [5, 5.41) is 3.76. The zero-order valence-corrected chi connectivity index (χ0v) is 14.0. The Morgan fingerprint density at radius 3 is 2.48 bits per heavy atom. The van der Waals surface area contributed by atoms with Gasteiger partial charge in [0.05, 0.1) is 0 Å².